The molecule has 0 saturated carbocycles. The maximum atomic E-state index is 12.1. The topological polar surface area (TPSA) is 33.2 Å². The molecule has 15 heavy (non-hydrogen) atoms. The summed E-state index contributed by atoms with van der Waals surface area (Å²) in [4.78, 5) is 18.8. The van der Waals surface area contributed by atoms with E-state index in [2.05, 4.69) is 11.9 Å². The second-order valence-corrected chi connectivity index (χ2v) is 4.36. The molecule has 0 fully saturated rings. The molecule has 0 saturated heterocycles. The molecule has 0 bridgehead atoms. The van der Waals surface area contributed by atoms with Crippen LogP contribution in [0.3, 0.4) is 0 Å². The van der Waals surface area contributed by atoms with E-state index in [9.17, 15) is 4.79 Å². The monoisotopic (exact) mass is 226 g/mol. The predicted octanol–water partition coefficient (Wildman–Crippen LogP) is 2.71. The van der Waals surface area contributed by atoms with Crippen LogP contribution in [0.4, 0.5) is 0 Å². The fraction of sp³-hybridized carbons (Fsp3) is 0.636. The van der Waals surface area contributed by atoms with E-state index in [1.165, 1.54) is 11.3 Å². The Balaban J connectivity index is 2.69. The van der Waals surface area contributed by atoms with Crippen molar-refractivity contribution in [3.05, 3.63) is 16.1 Å². The van der Waals surface area contributed by atoms with E-state index in [0.717, 1.165) is 36.5 Å². The quantitative estimate of drug-likeness (QED) is 0.773. The van der Waals surface area contributed by atoms with Gasteiger partial charge < -0.3 is 4.90 Å². The Morgan fingerprint density at radius 1 is 1.53 bits per heavy atom. The predicted molar refractivity (Wildman–Crippen MR) is 63.3 cm³/mol. The van der Waals surface area contributed by atoms with Crippen molar-refractivity contribution in [2.45, 2.75) is 33.6 Å². The maximum Gasteiger partial charge on any atom is 0.265 e. The van der Waals surface area contributed by atoms with Crippen LogP contribution >= 0.6 is 11.3 Å². The van der Waals surface area contributed by atoms with Crippen LogP contribution < -0.4 is 0 Å². The number of carbonyl (C=O) groups excluding carboxylic acids is 1. The molecule has 0 atom stereocenters. The van der Waals surface area contributed by atoms with E-state index in [-0.39, 0.29) is 5.91 Å². The van der Waals surface area contributed by atoms with Crippen molar-refractivity contribution in [2.75, 3.05) is 13.1 Å². The van der Waals surface area contributed by atoms with Crippen LogP contribution in [0.25, 0.3) is 0 Å². The van der Waals surface area contributed by atoms with Crippen LogP contribution in [0, 0.1) is 6.92 Å². The molecular formula is C11H18N2OS. The summed E-state index contributed by atoms with van der Waals surface area (Å²) in [7, 11) is 0. The van der Waals surface area contributed by atoms with Crippen molar-refractivity contribution in [3.63, 3.8) is 0 Å². The average Bonchev–Trinajstić information content (AvgIpc) is 2.65. The van der Waals surface area contributed by atoms with E-state index in [0.29, 0.717) is 0 Å². The molecule has 84 valence electrons. The Morgan fingerprint density at radius 3 is 2.73 bits per heavy atom. The lowest BCUT2D eigenvalue weighted by molar-refractivity contribution is 0.0766. The van der Waals surface area contributed by atoms with Crippen LogP contribution in [0.15, 0.2) is 5.51 Å². The summed E-state index contributed by atoms with van der Waals surface area (Å²) >= 11 is 1.43. The second kappa shape index (κ2) is 5.85. The smallest absolute Gasteiger partial charge is 0.265 e. The van der Waals surface area contributed by atoms with Crippen molar-refractivity contribution >= 4 is 17.2 Å². The first-order valence-electron chi connectivity index (χ1n) is 5.40. The van der Waals surface area contributed by atoms with Gasteiger partial charge in [-0.1, -0.05) is 13.3 Å². The van der Waals surface area contributed by atoms with Gasteiger partial charge in [-0.15, -0.1) is 11.3 Å². The second-order valence-electron chi connectivity index (χ2n) is 3.51. The summed E-state index contributed by atoms with van der Waals surface area (Å²) in [5.41, 5.74) is 2.58. The number of nitrogens with zero attached hydrogens (tertiary/aromatic N) is 2. The van der Waals surface area contributed by atoms with Crippen LogP contribution in [0.5, 0.6) is 0 Å². The highest BCUT2D eigenvalue weighted by Gasteiger charge is 2.17. The van der Waals surface area contributed by atoms with Gasteiger partial charge in [-0.2, -0.15) is 0 Å². The number of unbranched alkanes of at least 4 members (excludes halogenated alkanes) is 1. The minimum absolute atomic E-state index is 0.131. The Labute approximate surface area is 95.1 Å². The molecule has 4 heteroatoms. The van der Waals surface area contributed by atoms with Gasteiger partial charge in [0.05, 0.1) is 11.2 Å². The zero-order valence-electron chi connectivity index (χ0n) is 9.62. The van der Waals surface area contributed by atoms with Crippen molar-refractivity contribution < 1.29 is 4.79 Å². The summed E-state index contributed by atoms with van der Waals surface area (Å²) in [6, 6.07) is 0. The van der Waals surface area contributed by atoms with Gasteiger partial charge in [0.25, 0.3) is 5.91 Å². The Kier molecular flexibility index (Phi) is 4.75. The fourth-order valence-electron chi connectivity index (χ4n) is 1.40. The van der Waals surface area contributed by atoms with E-state index >= 15 is 0 Å². The molecule has 0 spiro atoms. The van der Waals surface area contributed by atoms with Gasteiger partial charge >= 0.3 is 0 Å². The molecule has 0 aliphatic rings. The van der Waals surface area contributed by atoms with Crippen molar-refractivity contribution in [1.29, 1.82) is 0 Å². The molecule has 0 aromatic carbocycles. The number of aromatic nitrogens is 1. The van der Waals surface area contributed by atoms with Crippen LogP contribution in [-0.2, 0) is 0 Å². The third-order valence-electron chi connectivity index (χ3n) is 2.39. The van der Waals surface area contributed by atoms with Crippen molar-refractivity contribution in [2.24, 2.45) is 0 Å². The van der Waals surface area contributed by atoms with E-state index in [1.54, 1.807) is 5.51 Å². The number of carbonyl (C=O) groups is 1. The number of rotatable bonds is 5. The highest BCUT2D eigenvalue weighted by atomic mass is 32.1. The third kappa shape index (κ3) is 3.02. The molecule has 1 aromatic rings. The molecule has 3 nitrogen and oxygen atoms in total. The lowest BCUT2D eigenvalue weighted by Crippen LogP contribution is -2.31. The third-order valence-corrected chi connectivity index (χ3v) is 3.31. The number of amides is 1. The summed E-state index contributed by atoms with van der Waals surface area (Å²) in [5, 5.41) is 0. The molecule has 0 radical (unpaired) electrons. The van der Waals surface area contributed by atoms with Gasteiger partial charge in [0, 0.05) is 13.1 Å². The molecule has 0 unspecified atom stereocenters. The molecule has 1 rings (SSSR count). The molecule has 1 heterocycles. The first-order chi connectivity index (χ1) is 7.20. The largest absolute Gasteiger partial charge is 0.338 e. The molecular weight excluding hydrogens is 208 g/mol. The molecule has 0 aliphatic carbocycles. The van der Waals surface area contributed by atoms with Crippen molar-refractivity contribution in [1.82, 2.24) is 9.88 Å². The van der Waals surface area contributed by atoms with Gasteiger partial charge in [0.2, 0.25) is 0 Å². The fourth-order valence-corrected chi connectivity index (χ4v) is 2.17. The number of hydrogen-bond acceptors (Lipinski definition) is 3. The van der Waals surface area contributed by atoms with E-state index in [4.69, 9.17) is 0 Å². The van der Waals surface area contributed by atoms with Crippen LogP contribution in [-0.4, -0.2) is 28.9 Å². The zero-order valence-corrected chi connectivity index (χ0v) is 10.4. The number of hydrogen-bond donors (Lipinski definition) is 0. The van der Waals surface area contributed by atoms with Gasteiger partial charge in [0.15, 0.2) is 0 Å². The number of thiazole rings is 1. The maximum absolute atomic E-state index is 12.1. The Morgan fingerprint density at radius 2 is 2.27 bits per heavy atom. The van der Waals surface area contributed by atoms with Crippen LogP contribution in [0.1, 0.15) is 42.1 Å². The summed E-state index contributed by atoms with van der Waals surface area (Å²) < 4.78 is 0. The lowest BCUT2D eigenvalue weighted by Gasteiger charge is -2.19. The standard InChI is InChI=1S/C11H18N2OS/c1-4-6-7-13(5-2)11(14)10-9(3)12-8-15-10/h8H,4-7H2,1-3H3. The normalized spacial score (nSPS) is 10.3. The lowest BCUT2D eigenvalue weighted by atomic mass is 10.3. The van der Waals surface area contributed by atoms with Gasteiger partial charge in [-0.3, -0.25) is 4.79 Å². The van der Waals surface area contributed by atoms with Gasteiger partial charge in [0.1, 0.15) is 4.88 Å². The average molecular weight is 226 g/mol. The first-order valence-corrected chi connectivity index (χ1v) is 6.28. The highest BCUT2D eigenvalue weighted by molar-refractivity contribution is 7.11. The van der Waals surface area contributed by atoms with Gasteiger partial charge in [-0.05, 0) is 20.3 Å². The molecule has 1 aromatic heterocycles. The molecule has 0 N–H and O–H groups in total. The van der Waals surface area contributed by atoms with Crippen molar-refractivity contribution in [3.8, 4) is 0 Å². The highest BCUT2D eigenvalue weighted by Crippen LogP contribution is 2.15. The molecule has 1 amide bonds. The van der Waals surface area contributed by atoms with E-state index in [1.807, 2.05) is 18.7 Å². The molecule has 0 aliphatic heterocycles. The Bertz CT molecular complexity index is 322. The van der Waals surface area contributed by atoms with Crippen LogP contribution in [0.2, 0.25) is 0 Å². The summed E-state index contributed by atoms with van der Waals surface area (Å²) in [6.07, 6.45) is 2.18. The van der Waals surface area contributed by atoms with E-state index < -0.39 is 0 Å². The minimum atomic E-state index is 0.131. The number of aryl methyl sites for hydroxylation is 1. The minimum Gasteiger partial charge on any atom is -0.338 e. The Hall–Kier alpha value is -0.900. The summed E-state index contributed by atoms with van der Waals surface area (Å²) in [6.45, 7) is 7.66. The van der Waals surface area contributed by atoms with Gasteiger partial charge in [-0.25, -0.2) is 4.98 Å². The first kappa shape index (κ1) is 12.2. The summed E-state index contributed by atoms with van der Waals surface area (Å²) in [5.74, 6) is 0.131. The SMILES string of the molecule is CCCCN(CC)C(=O)c1scnc1C. The zero-order chi connectivity index (χ0) is 11.3.